The van der Waals surface area contributed by atoms with E-state index in [1.54, 1.807) is 0 Å². The molecule has 2 rings (SSSR count). The van der Waals surface area contributed by atoms with Crippen molar-refractivity contribution in [2.75, 3.05) is 40.3 Å². The smallest absolute Gasteiger partial charge is 0.281 e. The second kappa shape index (κ2) is 5.14. The first-order valence-electron chi connectivity index (χ1n) is 6.39. The molecule has 104 valence electrons. The number of carbonyl (C=O) groups is 1. The van der Waals surface area contributed by atoms with Crippen molar-refractivity contribution in [2.24, 2.45) is 5.92 Å². The molecular weight excluding hydrogens is 254 g/mol. The van der Waals surface area contributed by atoms with Crippen LogP contribution in [0.25, 0.3) is 0 Å². The van der Waals surface area contributed by atoms with Gasteiger partial charge in [-0.2, -0.15) is 17.0 Å². The molecule has 1 aliphatic heterocycles. The molecule has 6 nitrogen and oxygen atoms in total. The number of amides is 1. The van der Waals surface area contributed by atoms with E-state index in [1.807, 2.05) is 4.90 Å². The Morgan fingerprint density at radius 1 is 1.11 bits per heavy atom. The summed E-state index contributed by atoms with van der Waals surface area (Å²) in [5.74, 6) is 0.418. The van der Waals surface area contributed by atoms with E-state index in [2.05, 4.69) is 0 Å². The van der Waals surface area contributed by atoms with Crippen molar-refractivity contribution in [1.82, 2.24) is 13.5 Å². The van der Waals surface area contributed by atoms with Crippen molar-refractivity contribution in [1.29, 1.82) is 0 Å². The molecule has 7 heteroatoms. The summed E-state index contributed by atoms with van der Waals surface area (Å²) in [6, 6.07) is 0. The Bertz CT molecular complexity index is 417. The average Bonchev–Trinajstić information content (AvgIpc) is 3.14. The molecule has 0 unspecified atom stereocenters. The molecule has 0 aromatic heterocycles. The van der Waals surface area contributed by atoms with Crippen molar-refractivity contribution in [3.8, 4) is 0 Å². The van der Waals surface area contributed by atoms with Crippen molar-refractivity contribution in [3.63, 3.8) is 0 Å². The predicted molar refractivity (Wildman–Crippen MR) is 68.1 cm³/mol. The largest absolute Gasteiger partial charge is 0.341 e. The van der Waals surface area contributed by atoms with Gasteiger partial charge in [0.25, 0.3) is 10.2 Å². The molecule has 1 saturated heterocycles. The lowest BCUT2D eigenvalue weighted by atomic mass is 10.3. The molecule has 1 aliphatic carbocycles. The van der Waals surface area contributed by atoms with Crippen LogP contribution in [-0.4, -0.2) is 68.1 Å². The highest BCUT2D eigenvalue weighted by atomic mass is 32.2. The maximum atomic E-state index is 12.0. The van der Waals surface area contributed by atoms with Gasteiger partial charge in [-0.25, -0.2) is 0 Å². The third-order valence-electron chi connectivity index (χ3n) is 3.48. The zero-order valence-corrected chi connectivity index (χ0v) is 11.8. The Balaban J connectivity index is 1.98. The second-order valence-electron chi connectivity index (χ2n) is 5.14. The van der Waals surface area contributed by atoms with Crippen LogP contribution in [0.1, 0.15) is 19.3 Å². The Morgan fingerprint density at radius 2 is 1.78 bits per heavy atom. The standard InChI is InChI=1S/C11H21N3O3S/c1-12(2)18(16,17)14-7-3-6-13(8-9-14)11(15)10-4-5-10/h10H,3-9H2,1-2H3. The molecule has 0 bridgehead atoms. The van der Waals surface area contributed by atoms with Crippen LogP contribution in [0.3, 0.4) is 0 Å². The third kappa shape index (κ3) is 2.84. The zero-order chi connectivity index (χ0) is 13.3. The van der Waals surface area contributed by atoms with Gasteiger partial charge in [0.05, 0.1) is 0 Å². The van der Waals surface area contributed by atoms with E-state index in [9.17, 15) is 13.2 Å². The first kappa shape index (κ1) is 13.8. The zero-order valence-electron chi connectivity index (χ0n) is 11.0. The van der Waals surface area contributed by atoms with E-state index in [4.69, 9.17) is 0 Å². The minimum absolute atomic E-state index is 0.208. The Morgan fingerprint density at radius 3 is 2.33 bits per heavy atom. The van der Waals surface area contributed by atoms with Crippen LogP contribution in [-0.2, 0) is 15.0 Å². The number of hydrogen-bond acceptors (Lipinski definition) is 3. The fraction of sp³-hybridized carbons (Fsp3) is 0.909. The lowest BCUT2D eigenvalue weighted by Crippen LogP contribution is -2.42. The molecule has 0 N–H and O–H groups in total. The first-order valence-corrected chi connectivity index (χ1v) is 7.79. The van der Waals surface area contributed by atoms with E-state index in [0.717, 1.165) is 12.8 Å². The second-order valence-corrected chi connectivity index (χ2v) is 7.28. The molecule has 0 atom stereocenters. The van der Waals surface area contributed by atoms with Crippen molar-refractivity contribution >= 4 is 16.1 Å². The maximum Gasteiger partial charge on any atom is 0.281 e. The lowest BCUT2D eigenvalue weighted by Gasteiger charge is -2.24. The van der Waals surface area contributed by atoms with E-state index in [-0.39, 0.29) is 11.8 Å². The van der Waals surface area contributed by atoms with Crippen molar-refractivity contribution < 1.29 is 13.2 Å². The quantitative estimate of drug-likeness (QED) is 0.713. The molecule has 2 aliphatic rings. The summed E-state index contributed by atoms with van der Waals surface area (Å²) in [6.07, 6.45) is 2.70. The highest BCUT2D eigenvalue weighted by molar-refractivity contribution is 7.86. The van der Waals surface area contributed by atoms with Crippen molar-refractivity contribution in [2.45, 2.75) is 19.3 Å². The molecule has 1 amide bonds. The van der Waals surface area contributed by atoms with Crippen LogP contribution in [0.4, 0.5) is 0 Å². The molecule has 1 saturated carbocycles. The van der Waals surface area contributed by atoms with Crippen LogP contribution in [0, 0.1) is 5.92 Å². The number of nitrogens with zero attached hydrogens (tertiary/aromatic N) is 3. The SMILES string of the molecule is CN(C)S(=O)(=O)N1CCCN(C(=O)C2CC2)CC1. The van der Waals surface area contributed by atoms with E-state index in [0.29, 0.717) is 32.6 Å². The van der Waals surface area contributed by atoms with Crippen molar-refractivity contribution in [3.05, 3.63) is 0 Å². The summed E-state index contributed by atoms with van der Waals surface area (Å²) in [6.45, 7) is 2.09. The summed E-state index contributed by atoms with van der Waals surface area (Å²) in [5.41, 5.74) is 0. The van der Waals surface area contributed by atoms with Gasteiger partial charge in [-0.3, -0.25) is 4.79 Å². The molecule has 0 radical (unpaired) electrons. The van der Waals surface area contributed by atoms with Gasteiger partial charge in [0, 0.05) is 46.2 Å². The molecule has 18 heavy (non-hydrogen) atoms. The number of rotatable bonds is 3. The van der Waals surface area contributed by atoms with Crippen LogP contribution in [0.5, 0.6) is 0 Å². The normalized spacial score (nSPS) is 23.2. The van der Waals surface area contributed by atoms with Gasteiger partial charge in [-0.1, -0.05) is 0 Å². The Labute approximate surface area is 109 Å². The van der Waals surface area contributed by atoms with Gasteiger partial charge in [0.1, 0.15) is 0 Å². The summed E-state index contributed by atoms with van der Waals surface area (Å²) in [5, 5.41) is 0. The van der Waals surface area contributed by atoms with Gasteiger partial charge >= 0.3 is 0 Å². The maximum absolute atomic E-state index is 12.0. The summed E-state index contributed by atoms with van der Waals surface area (Å²) < 4.78 is 26.7. The van der Waals surface area contributed by atoms with Gasteiger partial charge in [0.15, 0.2) is 0 Å². The Hall–Kier alpha value is -0.660. The topological polar surface area (TPSA) is 60.9 Å². The fourth-order valence-corrected chi connectivity index (χ4v) is 3.30. The number of hydrogen-bond donors (Lipinski definition) is 0. The van der Waals surface area contributed by atoms with E-state index in [1.165, 1.54) is 22.7 Å². The predicted octanol–water partition coefficient (Wildman–Crippen LogP) is -0.263. The van der Waals surface area contributed by atoms with Crippen LogP contribution in [0.2, 0.25) is 0 Å². The van der Waals surface area contributed by atoms with Crippen LogP contribution >= 0.6 is 0 Å². The highest BCUT2D eigenvalue weighted by Crippen LogP contribution is 2.31. The van der Waals surface area contributed by atoms with E-state index >= 15 is 0 Å². The molecule has 1 heterocycles. The van der Waals surface area contributed by atoms with Gasteiger partial charge in [0.2, 0.25) is 5.91 Å². The van der Waals surface area contributed by atoms with Gasteiger partial charge in [-0.15, -0.1) is 0 Å². The fourth-order valence-electron chi connectivity index (χ4n) is 2.16. The minimum atomic E-state index is -3.35. The monoisotopic (exact) mass is 275 g/mol. The van der Waals surface area contributed by atoms with Crippen LogP contribution in [0.15, 0.2) is 0 Å². The average molecular weight is 275 g/mol. The van der Waals surface area contributed by atoms with Gasteiger partial charge < -0.3 is 4.90 Å². The molecule has 0 spiro atoms. The first-order chi connectivity index (χ1) is 8.43. The highest BCUT2D eigenvalue weighted by Gasteiger charge is 2.35. The summed E-state index contributed by atoms with van der Waals surface area (Å²) in [4.78, 5) is 13.8. The van der Waals surface area contributed by atoms with Crippen LogP contribution < -0.4 is 0 Å². The van der Waals surface area contributed by atoms with E-state index < -0.39 is 10.2 Å². The Kier molecular flexibility index (Phi) is 3.93. The molecule has 2 fully saturated rings. The molecular formula is C11H21N3O3S. The van der Waals surface area contributed by atoms with Gasteiger partial charge in [-0.05, 0) is 19.3 Å². The summed E-state index contributed by atoms with van der Waals surface area (Å²) >= 11 is 0. The molecule has 0 aromatic carbocycles. The third-order valence-corrected chi connectivity index (χ3v) is 5.42. The molecule has 0 aromatic rings. The minimum Gasteiger partial charge on any atom is -0.341 e. The lowest BCUT2D eigenvalue weighted by molar-refractivity contribution is -0.132. The summed E-state index contributed by atoms with van der Waals surface area (Å²) in [7, 11) is -0.278. The number of carbonyl (C=O) groups excluding carboxylic acids is 1.